The highest BCUT2D eigenvalue weighted by molar-refractivity contribution is 7.80. The van der Waals surface area contributed by atoms with E-state index in [1.54, 1.807) is 24.3 Å². The summed E-state index contributed by atoms with van der Waals surface area (Å²) in [7, 11) is 0. The first-order chi connectivity index (χ1) is 9.65. The van der Waals surface area contributed by atoms with Crippen LogP contribution in [0.5, 0.6) is 5.75 Å². The van der Waals surface area contributed by atoms with Crippen molar-refractivity contribution in [3.8, 4) is 5.75 Å². The number of aromatic hydroxyl groups is 1. The summed E-state index contributed by atoms with van der Waals surface area (Å²) in [5.41, 5.74) is 5.39. The molecule has 0 aliphatic rings. The molecule has 0 bridgehead atoms. The molecule has 20 heavy (non-hydrogen) atoms. The number of anilines is 1. The summed E-state index contributed by atoms with van der Waals surface area (Å²) in [6, 6.07) is 16.5. The van der Waals surface area contributed by atoms with Crippen molar-refractivity contribution in [2.45, 2.75) is 6.92 Å². The molecule has 2 aromatic carbocycles. The molecule has 0 spiro atoms. The summed E-state index contributed by atoms with van der Waals surface area (Å²) in [4.78, 5) is 0. The maximum absolute atomic E-state index is 9.23. The SMILES string of the molecule is CC(=NNC(=S)Nc1ccccc1)c1ccc(O)cc1. The van der Waals surface area contributed by atoms with Crippen LogP contribution >= 0.6 is 12.2 Å². The summed E-state index contributed by atoms with van der Waals surface area (Å²) in [6.07, 6.45) is 0. The zero-order chi connectivity index (χ0) is 14.4. The quantitative estimate of drug-likeness (QED) is 0.461. The van der Waals surface area contributed by atoms with Crippen molar-refractivity contribution in [2.24, 2.45) is 5.10 Å². The molecule has 0 radical (unpaired) electrons. The fourth-order valence-electron chi connectivity index (χ4n) is 1.58. The van der Waals surface area contributed by atoms with Crippen molar-refractivity contribution in [2.75, 3.05) is 5.32 Å². The third-order valence-corrected chi connectivity index (χ3v) is 2.84. The maximum Gasteiger partial charge on any atom is 0.191 e. The second-order valence-electron chi connectivity index (χ2n) is 4.18. The number of hydrogen-bond acceptors (Lipinski definition) is 3. The second kappa shape index (κ2) is 6.68. The Morgan fingerprint density at radius 1 is 1.05 bits per heavy atom. The van der Waals surface area contributed by atoms with E-state index in [4.69, 9.17) is 12.2 Å². The Morgan fingerprint density at radius 2 is 1.70 bits per heavy atom. The predicted octanol–water partition coefficient (Wildman–Crippen LogP) is 3.10. The van der Waals surface area contributed by atoms with Gasteiger partial charge in [-0.25, -0.2) is 0 Å². The molecule has 0 aliphatic heterocycles. The lowest BCUT2D eigenvalue weighted by Crippen LogP contribution is -2.24. The van der Waals surface area contributed by atoms with Gasteiger partial charge < -0.3 is 10.4 Å². The van der Waals surface area contributed by atoms with Crippen LogP contribution in [-0.4, -0.2) is 15.9 Å². The number of nitrogens with one attached hydrogen (secondary N) is 2. The van der Waals surface area contributed by atoms with E-state index in [0.29, 0.717) is 5.11 Å². The molecule has 2 rings (SSSR count). The average molecular weight is 285 g/mol. The van der Waals surface area contributed by atoms with Crippen molar-refractivity contribution in [3.05, 3.63) is 60.2 Å². The van der Waals surface area contributed by atoms with Gasteiger partial charge in [0.05, 0.1) is 5.71 Å². The van der Waals surface area contributed by atoms with Gasteiger partial charge in [-0.2, -0.15) is 5.10 Å². The summed E-state index contributed by atoms with van der Waals surface area (Å²) < 4.78 is 0. The Labute approximate surface area is 123 Å². The molecule has 0 amide bonds. The number of rotatable bonds is 3. The number of phenolic OH excluding ortho intramolecular Hbond substituents is 1. The normalized spacial score (nSPS) is 10.9. The Kier molecular flexibility index (Phi) is 4.68. The van der Waals surface area contributed by atoms with Gasteiger partial charge in [0.1, 0.15) is 5.75 Å². The zero-order valence-electron chi connectivity index (χ0n) is 11.0. The largest absolute Gasteiger partial charge is 0.508 e. The number of hydrazone groups is 1. The smallest absolute Gasteiger partial charge is 0.191 e. The van der Waals surface area contributed by atoms with Crippen LogP contribution in [0.3, 0.4) is 0 Å². The van der Waals surface area contributed by atoms with Gasteiger partial charge in [-0.15, -0.1) is 0 Å². The fourth-order valence-corrected chi connectivity index (χ4v) is 1.75. The van der Waals surface area contributed by atoms with Crippen molar-refractivity contribution >= 4 is 28.7 Å². The molecule has 3 N–H and O–H groups in total. The topological polar surface area (TPSA) is 56.7 Å². The first-order valence-corrected chi connectivity index (χ1v) is 6.52. The van der Waals surface area contributed by atoms with E-state index in [0.717, 1.165) is 17.0 Å². The lowest BCUT2D eigenvalue weighted by molar-refractivity contribution is 0.475. The van der Waals surface area contributed by atoms with E-state index in [1.807, 2.05) is 37.3 Å². The highest BCUT2D eigenvalue weighted by Crippen LogP contribution is 2.10. The summed E-state index contributed by atoms with van der Waals surface area (Å²) in [5.74, 6) is 0.232. The van der Waals surface area contributed by atoms with Gasteiger partial charge in [-0.3, -0.25) is 5.43 Å². The van der Waals surface area contributed by atoms with Crippen LogP contribution in [0.15, 0.2) is 59.7 Å². The van der Waals surface area contributed by atoms with Crippen LogP contribution in [0.1, 0.15) is 12.5 Å². The molecule has 4 nitrogen and oxygen atoms in total. The monoisotopic (exact) mass is 285 g/mol. The lowest BCUT2D eigenvalue weighted by Gasteiger charge is -2.07. The molecule has 0 heterocycles. The Morgan fingerprint density at radius 3 is 2.35 bits per heavy atom. The maximum atomic E-state index is 9.23. The Balaban J connectivity index is 1.95. The number of para-hydroxylation sites is 1. The fraction of sp³-hybridized carbons (Fsp3) is 0.0667. The number of phenols is 1. The second-order valence-corrected chi connectivity index (χ2v) is 4.58. The summed E-state index contributed by atoms with van der Waals surface area (Å²) >= 11 is 5.16. The highest BCUT2D eigenvalue weighted by Gasteiger charge is 1.99. The minimum atomic E-state index is 0.232. The molecule has 0 fully saturated rings. The van der Waals surface area contributed by atoms with Gasteiger partial charge in [0, 0.05) is 5.69 Å². The van der Waals surface area contributed by atoms with Crippen LogP contribution in [-0.2, 0) is 0 Å². The van der Waals surface area contributed by atoms with Crippen molar-refractivity contribution in [1.82, 2.24) is 5.43 Å². The van der Waals surface area contributed by atoms with Crippen LogP contribution in [0, 0.1) is 0 Å². The van der Waals surface area contributed by atoms with E-state index >= 15 is 0 Å². The predicted molar refractivity (Wildman–Crippen MR) is 86.1 cm³/mol. The third kappa shape index (κ3) is 4.07. The van der Waals surface area contributed by atoms with E-state index in [1.165, 1.54) is 0 Å². The van der Waals surface area contributed by atoms with Crippen molar-refractivity contribution in [1.29, 1.82) is 0 Å². The Hall–Kier alpha value is -2.40. The molecule has 0 aromatic heterocycles. The van der Waals surface area contributed by atoms with Crippen LogP contribution in [0.4, 0.5) is 5.69 Å². The molecule has 0 saturated heterocycles. The van der Waals surface area contributed by atoms with Crippen molar-refractivity contribution in [3.63, 3.8) is 0 Å². The molecular formula is C15H15N3OS. The number of benzene rings is 2. The average Bonchev–Trinajstić information content (AvgIpc) is 2.46. The minimum Gasteiger partial charge on any atom is -0.508 e. The molecular weight excluding hydrogens is 270 g/mol. The summed E-state index contributed by atoms with van der Waals surface area (Å²) in [5, 5.41) is 16.9. The first kappa shape index (κ1) is 14.0. The number of thiocarbonyl (C=S) groups is 1. The molecule has 5 heteroatoms. The molecule has 2 aromatic rings. The zero-order valence-corrected chi connectivity index (χ0v) is 11.8. The van der Waals surface area contributed by atoms with E-state index in [-0.39, 0.29) is 5.75 Å². The highest BCUT2D eigenvalue weighted by atomic mass is 32.1. The summed E-state index contributed by atoms with van der Waals surface area (Å²) in [6.45, 7) is 1.87. The van der Waals surface area contributed by atoms with Gasteiger partial charge in [-0.1, -0.05) is 18.2 Å². The van der Waals surface area contributed by atoms with Gasteiger partial charge in [-0.05, 0) is 61.1 Å². The van der Waals surface area contributed by atoms with Crippen LogP contribution in [0.2, 0.25) is 0 Å². The van der Waals surface area contributed by atoms with Gasteiger partial charge >= 0.3 is 0 Å². The van der Waals surface area contributed by atoms with Gasteiger partial charge in [0.2, 0.25) is 0 Å². The lowest BCUT2D eigenvalue weighted by atomic mass is 10.1. The molecule has 0 aliphatic carbocycles. The molecule has 0 atom stereocenters. The molecule has 102 valence electrons. The number of nitrogens with zero attached hydrogens (tertiary/aromatic N) is 1. The molecule has 0 unspecified atom stereocenters. The van der Waals surface area contributed by atoms with Crippen LogP contribution < -0.4 is 10.7 Å². The van der Waals surface area contributed by atoms with Crippen LogP contribution in [0.25, 0.3) is 0 Å². The number of hydrogen-bond donors (Lipinski definition) is 3. The van der Waals surface area contributed by atoms with Gasteiger partial charge in [0.15, 0.2) is 5.11 Å². The van der Waals surface area contributed by atoms with E-state index < -0.39 is 0 Å². The third-order valence-electron chi connectivity index (χ3n) is 2.64. The Bertz CT molecular complexity index is 609. The van der Waals surface area contributed by atoms with Crippen molar-refractivity contribution < 1.29 is 5.11 Å². The standard InChI is InChI=1S/C15H15N3OS/c1-11(12-7-9-14(19)10-8-12)17-18-15(20)16-13-5-3-2-4-6-13/h2-10,19H,1H3,(H2,16,18,20). The van der Waals surface area contributed by atoms with E-state index in [2.05, 4.69) is 15.8 Å². The van der Waals surface area contributed by atoms with Gasteiger partial charge in [0.25, 0.3) is 0 Å². The minimum absolute atomic E-state index is 0.232. The molecule has 0 saturated carbocycles. The first-order valence-electron chi connectivity index (χ1n) is 6.11. The van der Waals surface area contributed by atoms with E-state index in [9.17, 15) is 5.11 Å².